The maximum absolute atomic E-state index is 10.9. The molecule has 0 radical (unpaired) electrons. The molecule has 1 atom stereocenters. The summed E-state index contributed by atoms with van der Waals surface area (Å²) in [5.41, 5.74) is 0. The standard InChI is InChI=1S/C12H14N4O2/c1-8-3-4-10(18-8)12-14-13-11-9(2)15(7-17)5-6-16(11)12/h3-4,7,9H,5-6H2,1-2H3. The molecule has 1 aliphatic heterocycles. The number of furan rings is 1. The summed E-state index contributed by atoms with van der Waals surface area (Å²) in [5, 5.41) is 8.35. The fourth-order valence-electron chi connectivity index (χ4n) is 2.28. The number of hydrogen-bond donors (Lipinski definition) is 0. The van der Waals surface area contributed by atoms with Gasteiger partial charge in [-0.1, -0.05) is 0 Å². The summed E-state index contributed by atoms with van der Waals surface area (Å²) in [6.07, 6.45) is 0.861. The fraction of sp³-hybridized carbons (Fsp3) is 0.417. The Morgan fingerprint density at radius 3 is 2.89 bits per heavy atom. The van der Waals surface area contributed by atoms with E-state index >= 15 is 0 Å². The molecule has 3 heterocycles. The topological polar surface area (TPSA) is 64.2 Å². The Bertz CT molecular complexity index is 587. The SMILES string of the molecule is Cc1ccc(-c2nnc3n2CCN(C=O)C3C)o1. The van der Waals surface area contributed by atoms with E-state index in [1.54, 1.807) is 4.90 Å². The molecule has 6 heteroatoms. The highest BCUT2D eigenvalue weighted by atomic mass is 16.3. The summed E-state index contributed by atoms with van der Waals surface area (Å²) in [7, 11) is 0. The van der Waals surface area contributed by atoms with E-state index in [0.29, 0.717) is 13.1 Å². The van der Waals surface area contributed by atoms with Gasteiger partial charge in [-0.3, -0.25) is 4.79 Å². The van der Waals surface area contributed by atoms with Crippen molar-refractivity contribution in [3.05, 3.63) is 23.7 Å². The lowest BCUT2D eigenvalue weighted by molar-refractivity contribution is -0.121. The molecule has 6 nitrogen and oxygen atoms in total. The maximum Gasteiger partial charge on any atom is 0.210 e. The van der Waals surface area contributed by atoms with E-state index in [2.05, 4.69) is 10.2 Å². The lowest BCUT2D eigenvalue weighted by Gasteiger charge is -2.30. The number of aryl methyl sites for hydroxylation is 1. The molecule has 0 N–H and O–H groups in total. The van der Waals surface area contributed by atoms with Crippen molar-refractivity contribution in [1.29, 1.82) is 0 Å². The lowest BCUT2D eigenvalue weighted by Crippen LogP contribution is -2.36. The zero-order chi connectivity index (χ0) is 12.7. The molecular weight excluding hydrogens is 232 g/mol. The van der Waals surface area contributed by atoms with Crippen molar-refractivity contribution < 1.29 is 9.21 Å². The van der Waals surface area contributed by atoms with E-state index in [-0.39, 0.29) is 6.04 Å². The third-order valence-electron chi connectivity index (χ3n) is 3.33. The quantitative estimate of drug-likeness (QED) is 0.751. The first-order valence-electron chi connectivity index (χ1n) is 5.91. The van der Waals surface area contributed by atoms with Crippen LogP contribution in [-0.4, -0.2) is 32.6 Å². The Morgan fingerprint density at radius 2 is 2.22 bits per heavy atom. The highest BCUT2D eigenvalue weighted by Gasteiger charge is 2.28. The Labute approximate surface area is 104 Å². The first kappa shape index (κ1) is 11.0. The summed E-state index contributed by atoms with van der Waals surface area (Å²) in [4.78, 5) is 12.6. The molecule has 0 bridgehead atoms. The van der Waals surface area contributed by atoms with Crippen LogP contribution in [0.15, 0.2) is 16.5 Å². The normalized spacial score (nSPS) is 18.8. The minimum atomic E-state index is -0.0476. The van der Waals surface area contributed by atoms with Crippen LogP contribution in [-0.2, 0) is 11.3 Å². The molecule has 3 rings (SSSR count). The molecular formula is C12H14N4O2. The van der Waals surface area contributed by atoms with E-state index in [9.17, 15) is 4.79 Å². The maximum atomic E-state index is 10.9. The molecule has 2 aromatic heterocycles. The lowest BCUT2D eigenvalue weighted by atomic mass is 10.2. The van der Waals surface area contributed by atoms with E-state index < -0.39 is 0 Å². The molecule has 0 fully saturated rings. The third kappa shape index (κ3) is 1.53. The monoisotopic (exact) mass is 246 g/mol. The van der Waals surface area contributed by atoms with Crippen molar-refractivity contribution >= 4 is 6.41 Å². The molecule has 0 aliphatic carbocycles. The molecule has 2 aromatic rings. The van der Waals surface area contributed by atoms with Crippen molar-refractivity contribution in [3.8, 4) is 11.6 Å². The van der Waals surface area contributed by atoms with E-state index in [0.717, 1.165) is 29.6 Å². The zero-order valence-electron chi connectivity index (χ0n) is 10.3. The van der Waals surface area contributed by atoms with Gasteiger partial charge in [0.1, 0.15) is 5.76 Å². The van der Waals surface area contributed by atoms with Gasteiger partial charge < -0.3 is 13.9 Å². The van der Waals surface area contributed by atoms with Crippen LogP contribution >= 0.6 is 0 Å². The van der Waals surface area contributed by atoms with Crippen LogP contribution in [0.1, 0.15) is 24.6 Å². The summed E-state index contributed by atoms with van der Waals surface area (Å²) in [5.74, 6) is 3.10. The summed E-state index contributed by atoms with van der Waals surface area (Å²) >= 11 is 0. The zero-order valence-corrected chi connectivity index (χ0v) is 10.3. The van der Waals surface area contributed by atoms with Gasteiger partial charge in [-0.2, -0.15) is 0 Å². The van der Waals surface area contributed by atoms with Crippen molar-refractivity contribution in [3.63, 3.8) is 0 Å². The minimum Gasteiger partial charge on any atom is -0.458 e. The number of hydrogen-bond acceptors (Lipinski definition) is 4. The molecule has 1 aliphatic rings. The Balaban J connectivity index is 2.04. The molecule has 0 aromatic carbocycles. The van der Waals surface area contributed by atoms with Crippen molar-refractivity contribution in [2.24, 2.45) is 0 Å². The van der Waals surface area contributed by atoms with Crippen LogP contribution in [0.3, 0.4) is 0 Å². The number of amides is 1. The van der Waals surface area contributed by atoms with Crippen LogP contribution in [0.25, 0.3) is 11.6 Å². The number of carbonyl (C=O) groups excluding carboxylic acids is 1. The largest absolute Gasteiger partial charge is 0.458 e. The average Bonchev–Trinajstić information content (AvgIpc) is 2.96. The van der Waals surface area contributed by atoms with Gasteiger partial charge in [-0.05, 0) is 26.0 Å². The molecule has 1 amide bonds. The number of aromatic nitrogens is 3. The highest BCUT2D eigenvalue weighted by Crippen LogP contribution is 2.28. The van der Waals surface area contributed by atoms with Gasteiger partial charge in [-0.25, -0.2) is 0 Å². The van der Waals surface area contributed by atoms with Gasteiger partial charge in [0.2, 0.25) is 6.41 Å². The predicted octanol–water partition coefficient (Wildman–Crippen LogP) is 1.38. The van der Waals surface area contributed by atoms with E-state index in [1.165, 1.54) is 0 Å². The van der Waals surface area contributed by atoms with Crippen LogP contribution in [0.5, 0.6) is 0 Å². The van der Waals surface area contributed by atoms with Gasteiger partial charge in [0, 0.05) is 13.1 Å². The van der Waals surface area contributed by atoms with Gasteiger partial charge in [-0.15, -0.1) is 10.2 Å². The van der Waals surface area contributed by atoms with Gasteiger partial charge in [0.25, 0.3) is 0 Å². The summed E-state index contributed by atoms with van der Waals surface area (Å²) in [6, 6.07) is 3.75. The predicted molar refractivity (Wildman–Crippen MR) is 63.6 cm³/mol. The van der Waals surface area contributed by atoms with Crippen LogP contribution < -0.4 is 0 Å². The second-order valence-corrected chi connectivity index (χ2v) is 4.46. The summed E-state index contributed by atoms with van der Waals surface area (Å²) < 4.78 is 7.59. The van der Waals surface area contributed by atoms with Crippen LogP contribution in [0.2, 0.25) is 0 Å². The van der Waals surface area contributed by atoms with Gasteiger partial charge in [0.15, 0.2) is 17.4 Å². The minimum absolute atomic E-state index is 0.0476. The summed E-state index contributed by atoms with van der Waals surface area (Å²) in [6.45, 7) is 5.21. The Morgan fingerprint density at radius 1 is 1.39 bits per heavy atom. The highest BCUT2D eigenvalue weighted by molar-refractivity contribution is 5.51. The first-order valence-corrected chi connectivity index (χ1v) is 5.91. The first-order chi connectivity index (χ1) is 8.70. The van der Waals surface area contributed by atoms with Gasteiger partial charge in [0.05, 0.1) is 6.04 Å². The fourth-order valence-corrected chi connectivity index (χ4v) is 2.28. The van der Waals surface area contributed by atoms with E-state index in [4.69, 9.17) is 4.42 Å². The second kappa shape index (κ2) is 3.97. The Hall–Kier alpha value is -2.11. The Kier molecular flexibility index (Phi) is 2.43. The van der Waals surface area contributed by atoms with Gasteiger partial charge >= 0.3 is 0 Å². The molecule has 0 saturated heterocycles. The van der Waals surface area contributed by atoms with E-state index in [1.807, 2.05) is 30.5 Å². The number of fused-ring (bicyclic) bond motifs is 1. The number of rotatable bonds is 2. The van der Waals surface area contributed by atoms with Crippen molar-refractivity contribution in [2.45, 2.75) is 26.4 Å². The van der Waals surface area contributed by atoms with Crippen LogP contribution in [0, 0.1) is 6.92 Å². The average molecular weight is 246 g/mol. The molecule has 0 saturated carbocycles. The molecule has 1 unspecified atom stereocenters. The smallest absolute Gasteiger partial charge is 0.210 e. The third-order valence-corrected chi connectivity index (χ3v) is 3.33. The van der Waals surface area contributed by atoms with Crippen LogP contribution in [0.4, 0.5) is 0 Å². The number of nitrogens with zero attached hydrogens (tertiary/aromatic N) is 4. The van der Waals surface area contributed by atoms with Crippen molar-refractivity contribution in [1.82, 2.24) is 19.7 Å². The number of carbonyl (C=O) groups is 1. The molecule has 0 spiro atoms. The second-order valence-electron chi connectivity index (χ2n) is 4.46. The molecule has 18 heavy (non-hydrogen) atoms. The van der Waals surface area contributed by atoms with Crippen molar-refractivity contribution in [2.75, 3.05) is 6.54 Å². The molecule has 94 valence electrons.